The highest BCUT2D eigenvalue weighted by atomic mass is 32.2. The molecule has 1 aliphatic heterocycles. The molecule has 1 N–H and O–H groups in total. The van der Waals surface area contributed by atoms with Crippen LogP contribution in [0.1, 0.15) is 22.5 Å². The number of hydrogen-bond donors (Lipinski definition) is 1. The molecule has 1 amide bonds. The minimum atomic E-state index is -3.44. The van der Waals surface area contributed by atoms with E-state index in [0.29, 0.717) is 6.54 Å². The quantitative estimate of drug-likeness (QED) is 0.709. The molecule has 0 aliphatic carbocycles. The molecule has 3 rings (SSSR count). The van der Waals surface area contributed by atoms with Crippen molar-refractivity contribution in [1.29, 1.82) is 0 Å². The molecule has 8 heteroatoms. The summed E-state index contributed by atoms with van der Waals surface area (Å²) in [5, 5.41) is 2.59. The molecule has 152 valence electrons. The van der Waals surface area contributed by atoms with Gasteiger partial charge in [-0.15, -0.1) is 0 Å². The summed E-state index contributed by atoms with van der Waals surface area (Å²) in [6.45, 7) is 7.53. The Morgan fingerprint density at radius 1 is 1.14 bits per heavy atom. The average Bonchev–Trinajstić information content (AvgIpc) is 3.16. The van der Waals surface area contributed by atoms with E-state index in [0.717, 1.165) is 45.4 Å². The second kappa shape index (κ2) is 8.79. The maximum absolute atomic E-state index is 12.0. The number of amides is 1. The third-order valence-corrected chi connectivity index (χ3v) is 5.80. The number of sulfone groups is 1. The predicted molar refractivity (Wildman–Crippen MR) is 109 cm³/mol. The van der Waals surface area contributed by atoms with Gasteiger partial charge in [0.25, 0.3) is 5.91 Å². The number of anilines is 1. The summed E-state index contributed by atoms with van der Waals surface area (Å²) < 4.78 is 27.9. The van der Waals surface area contributed by atoms with Crippen molar-refractivity contribution >= 4 is 21.4 Å². The highest BCUT2D eigenvalue weighted by Gasteiger charge is 2.18. The molecule has 0 unspecified atom stereocenters. The van der Waals surface area contributed by atoms with Crippen LogP contribution in [0.25, 0.3) is 0 Å². The van der Waals surface area contributed by atoms with Gasteiger partial charge >= 0.3 is 0 Å². The maximum Gasteiger partial charge on any atom is 0.287 e. The lowest BCUT2D eigenvalue weighted by atomic mass is 10.2. The number of carbonyl (C=O) groups is 1. The van der Waals surface area contributed by atoms with Crippen LogP contribution in [0.2, 0.25) is 0 Å². The Balaban J connectivity index is 1.37. The lowest BCUT2D eigenvalue weighted by molar-refractivity contribution is 0.0918. The monoisotopic (exact) mass is 405 g/mol. The largest absolute Gasteiger partial charge is 0.440 e. The minimum absolute atomic E-state index is 0.0205. The van der Waals surface area contributed by atoms with Gasteiger partial charge in [0.1, 0.15) is 0 Å². The fourth-order valence-electron chi connectivity index (χ4n) is 3.29. The van der Waals surface area contributed by atoms with Crippen LogP contribution in [0.15, 0.2) is 45.9 Å². The molecular formula is C20H27N3O4S. The van der Waals surface area contributed by atoms with Crippen molar-refractivity contribution in [2.75, 3.05) is 50.4 Å². The summed E-state index contributed by atoms with van der Waals surface area (Å²) in [5.74, 6) is -0.369. The first-order valence-electron chi connectivity index (χ1n) is 9.45. The Bertz CT molecular complexity index is 915. The third-order valence-electron chi connectivity index (χ3n) is 4.85. The second-order valence-corrected chi connectivity index (χ2v) is 9.11. The van der Waals surface area contributed by atoms with Gasteiger partial charge in [-0.05, 0) is 49.7 Å². The van der Waals surface area contributed by atoms with Crippen molar-refractivity contribution in [2.24, 2.45) is 0 Å². The zero-order valence-electron chi connectivity index (χ0n) is 16.3. The Labute approximate surface area is 166 Å². The number of rotatable bonds is 7. The number of piperazine rings is 1. The molecule has 2 aromatic rings. The predicted octanol–water partition coefficient (Wildman–Crippen LogP) is 1.93. The lowest BCUT2D eigenvalue weighted by Crippen LogP contribution is -2.47. The fourth-order valence-corrected chi connectivity index (χ4v) is 3.84. The van der Waals surface area contributed by atoms with Crippen LogP contribution in [0.3, 0.4) is 0 Å². The van der Waals surface area contributed by atoms with Crippen molar-refractivity contribution in [3.8, 4) is 0 Å². The summed E-state index contributed by atoms with van der Waals surface area (Å²) in [7, 11) is -3.44. The SMILES string of the molecule is Cc1cccc(N2CCN(CCCNC(=O)c3ccc(S(C)(=O)=O)o3)CC2)c1. The van der Waals surface area contributed by atoms with E-state index < -0.39 is 9.84 Å². The van der Waals surface area contributed by atoms with Crippen LogP contribution in [0.4, 0.5) is 5.69 Å². The first-order chi connectivity index (χ1) is 13.3. The van der Waals surface area contributed by atoms with Gasteiger partial charge in [-0.3, -0.25) is 9.69 Å². The smallest absolute Gasteiger partial charge is 0.287 e. The van der Waals surface area contributed by atoms with Crippen LogP contribution in [0.5, 0.6) is 0 Å². The van der Waals surface area contributed by atoms with E-state index in [2.05, 4.69) is 46.3 Å². The molecule has 1 aliphatic rings. The van der Waals surface area contributed by atoms with Gasteiger partial charge in [0.2, 0.25) is 14.9 Å². The molecule has 2 heterocycles. The average molecular weight is 406 g/mol. The summed E-state index contributed by atoms with van der Waals surface area (Å²) in [5.41, 5.74) is 2.55. The Morgan fingerprint density at radius 3 is 2.54 bits per heavy atom. The second-order valence-electron chi connectivity index (χ2n) is 7.17. The van der Waals surface area contributed by atoms with E-state index in [-0.39, 0.29) is 16.8 Å². The van der Waals surface area contributed by atoms with Crippen molar-refractivity contribution in [3.05, 3.63) is 47.7 Å². The Hall–Kier alpha value is -2.32. The van der Waals surface area contributed by atoms with Crippen molar-refractivity contribution in [3.63, 3.8) is 0 Å². The summed E-state index contributed by atoms with van der Waals surface area (Å²) in [6.07, 6.45) is 1.88. The standard InChI is InChI=1S/C20H27N3O4S/c1-16-5-3-6-17(15-16)23-13-11-22(12-14-23)10-4-9-21-20(24)18-7-8-19(27-18)28(2,25)26/h3,5-8,15H,4,9-14H2,1-2H3,(H,21,24). The number of carbonyl (C=O) groups excluding carboxylic acids is 1. The number of furan rings is 1. The molecule has 1 fully saturated rings. The number of nitrogens with one attached hydrogen (secondary N) is 1. The fraction of sp³-hybridized carbons (Fsp3) is 0.450. The van der Waals surface area contributed by atoms with Crippen molar-refractivity contribution in [1.82, 2.24) is 10.2 Å². The van der Waals surface area contributed by atoms with Gasteiger partial charge in [0, 0.05) is 44.7 Å². The van der Waals surface area contributed by atoms with Crippen LogP contribution in [-0.4, -0.2) is 64.7 Å². The van der Waals surface area contributed by atoms with Gasteiger partial charge in [-0.1, -0.05) is 12.1 Å². The van der Waals surface area contributed by atoms with Crippen LogP contribution < -0.4 is 10.2 Å². The molecule has 1 saturated heterocycles. The number of hydrogen-bond acceptors (Lipinski definition) is 6. The first kappa shape index (κ1) is 20.4. The normalized spacial score (nSPS) is 15.6. The molecule has 0 spiro atoms. The maximum atomic E-state index is 12.0. The van der Waals surface area contributed by atoms with E-state index in [9.17, 15) is 13.2 Å². The van der Waals surface area contributed by atoms with Crippen molar-refractivity contribution in [2.45, 2.75) is 18.4 Å². The molecule has 0 radical (unpaired) electrons. The number of aryl methyl sites for hydroxylation is 1. The number of benzene rings is 1. The van der Waals surface area contributed by atoms with E-state index in [1.54, 1.807) is 0 Å². The molecule has 0 saturated carbocycles. The Kier molecular flexibility index (Phi) is 6.41. The van der Waals surface area contributed by atoms with Gasteiger partial charge in [0.15, 0.2) is 5.76 Å². The van der Waals surface area contributed by atoms with Crippen LogP contribution >= 0.6 is 0 Å². The van der Waals surface area contributed by atoms with Crippen LogP contribution in [0, 0.1) is 6.92 Å². The highest BCUT2D eigenvalue weighted by molar-refractivity contribution is 7.90. The van der Waals surface area contributed by atoms with Gasteiger partial charge in [0.05, 0.1) is 0 Å². The van der Waals surface area contributed by atoms with Gasteiger partial charge < -0.3 is 14.6 Å². The molecule has 1 aromatic heterocycles. The highest BCUT2D eigenvalue weighted by Crippen LogP contribution is 2.18. The lowest BCUT2D eigenvalue weighted by Gasteiger charge is -2.36. The topological polar surface area (TPSA) is 82.9 Å². The Morgan fingerprint density at radius 2 is 1.89 bits per heavy atom. The van der Waals surface area contributed by atoms with E-state index in [1.807, 2.05) is 0 Å². The van der Waals surface area contributed by atoms with Crippen LogP contribution in [-0.2, 0) is 9.84 Å². The molecule has 0 bridgehead atoms. The summed E-state index contributed by atoms with van der Waals surface area (Å²) >= 11 is 0. The van der Waals surface area contributed by atoms with Gasteiger partial charge in [-0.25, -0.2) is 8.42 Å². The number of nitrogens with zero attached hydrogens (tertiary/aromatic N) is 2. The van der Waals surface area contributed by atoms with E-state index >= 15 is 0 Å². The molecule has 1 aromatic carbocycles. The molecular weight excluding hydrogens is 378 g/mol. The minimum Gasteiger partial charge on any atom is -0.440 e. The molecule has 28 heavy (non-hydrogen) atoms. The zero-order chi connectivity index (χ0) is 20.1. The van der Waals surface area contributed by atoms with Crippen molar-refractivity contribution < 1.29 is 17.6 Å². The molecule has 0 atom stereocenters. The summed E-state index contributed by atoms with van der Waals surface area (Å²) in [6, 6.07) is 11.3. The summed E-state index contributed by atoms with van der Waals surface area (Å²) in [4.78, 5) is 16.8. The van der Waals surface area contributed by atoms with E-state index in [4.69, 9.17) is 4.42 Å². The third kappa shape index (κ3) is 5.36. The zero-order valence-corrected chi connectivity index (χ0v) is 17.2. The van der Waals surface area contributed by atoms with E-state index in [1.165, 1.54) is 23.4 Å². The first-order valence-corrected chi connectivity index (χ1v) is 11.3. The molecule has 7 nitrogen and oxygen atoms in total. The van der Waals surface area contributed by atoms with Gasteiger partial charge in [-0.2, -0.15) is 0 Å².